The van der Waals surface area contributed by atoms with E-state index in [2.05, 4.69) is 0 Å². The highest BCUT2D eigenvalue weighted by Crippen LogP contribution is 2.24. The molecule has 0 atom stereocenters. The third-order valence-corrected chi connectivity index (χ3v) is 2.18. The van der Waals surface area contributed by atoms with Crippen molar-refractivity contribution in [1.29, 1.82) is 5.26 Å². The molecule has 5 heteroatoms. The molecule has 0 unspecified atom stereocenters. The number of rotatable bonds is 3. The number of benzene rings is 1. The monoisotopic (exact) mass is 225 g/mol. The summed E-state index contributed by atoms with van der Waals surface area (Å²) < 4.78 is 0. The average molecular weight is 226 g/mol. The summed E-state index contributed by atoms with van der Waals surface area (Å²) in [5.74, 6) is -1.13. The number of halogens is 1. The Kier molecular flexibility index (Phi) is 3.53. The lowest BCUT2D eigenvalue weighted by Gasteiger charge is -2.05. The Morgan fingerprint density at radius 2 is 2.20 bits per heavy atom. The van der Waals surface area contributed by atoms with Crippen LogP contribution in [0, 0.1) is 11.3 Å². The summed E-state index contributed by atoms with van der Waals surface area (Å²) in [6, 6.07) is 4.64. The van der Waals surface area contributed by atoms with Gasteiger partial charge in [0.1, 0.15) is 11.8 Å². The molecule has 4 nitrogen and oxygen atoms in total. The summed E-state index contributed by atoms with van der Waals surface area (Å²) in [6.45, 7) is 0. The van der Waals surface area contributed by atoms with Crippen LogP contribution in [0.3, 0.4) is 0 Å². The van der Waals surface area contributed by atoms with Gasteiger partial charge in [-0.1, -0.05) is 6.07 Å². The van der Waals surface area contributed by atoms with Gasteiger partial charge in [-0.2, -0.15) is 5.26 Å². The molecule has 78 valence electrons. The molecule has 0 heterocycles. The third kappa shape index (κ3) is 2.61. The summed E-state index contributed by atoms with van der Waals surface area (Å²) in [4.78, 5) is 10.5. The van der Waals surface area contributed by atoms with Crippen molar-refractivity contribution in [3.8, 4) is 11.8 Å². The molecule has 0 saturated heterocycles. The van der Waals surface area contributed by atoms with Crippen molar-refractivity contribution in [2.75, 3.05) is 0 Å². The summed E-state index contributed by atoms with van der Waals surface area (Å²) in [5.41, 5.74) is 0.858. The number of carbonyl (C=O) groups is 1. The lowest BCUT2D eigenvalue weighted by molar-refractivity contribution is -0.136. The van der Waals surface area contributed by atoms with Gasteiger partial charge in [-0.3, -0.25) is 4.79 Å². The molecule has 2 N–H and O–H groups in total. The van der Waals surface area contributed by atoms with Crippen LogP contribution in [0.15, 0.2) is 12.1 Å². The Bertz CT molecular complexity index is 437. The molecule has 15 heavy (non-hydrogen) atoms. The minimum atomic E-state index is -1.06. The van der Waals surface area contributed by atoms with Gasteiger partial charge in [0.2, 0.25) is 0 Å². The highest BCUT2D eigenvalue weighted by Gasteiger charge is 2.12. The average Bonchev–Trinajstić information content (AvgIpc) is 2.16. The molecule has 0 radical (unpaired) electrons. The van der Waals surface area contributed by atoms with Gasteiger partial charge in [0.15, 0.2) is 0 Å². The summed E-state index contributed by atoms with van der Waals surface area (Å²) in [7, 11) is 0. The van der Waals surface area contributed by atoms with Crippen LogP contribution < -0.4 is 0 Å². The summed E-state index contributed by atoms with van der Waals surface area (Å²) >= 11 is 5.56. The van der Waals surface area contributed by atoms with Crippen LogP contribution in [0.25, 0.3) is 0 Å². The molecule has 1 aromatic rings. The summed E-state index contributed by atoms with van der Waals surface area (Å²) in [6.07, 6.45) is -0.304. The van der Waals surface area contributed by atoms with E-state index in [1.165, 1.54) is 12.1 Å². The zero-order valence-electron chi connectivity index (χ0n) is 7.70. The zero-order valence-corrected chi connectivity index (χ0v) is 8.45. The van der Waals surface area contributed by atoms with E-state index >= 15 is 0 Å². The molecule has 1 rings (SSSR count). The Balaban J connectivity index is 3.27. The van der Waals surface area contributed by atoms with Gasteiger partial charge >= 0.3 is 5.97 Å². The maximum absolute atomic E-state index is 10.5. The molecular weight excluding hydrogens is 218 g/mol. The predicted molar refractivity (Wildman–Crippen MR) is 53.7 cm³/mol. The van der Waals surface area contributed by atoms with E-state index in [4.69, 9.17) is 22.0 Å². The van der Waals surface area contributed by atoms with Crippen LogP contribution in [0.5, 0.6) is 5.75 Å². The van der Waals surface area contributed by atoms with Gasteiger partial charge in [0.05, 0.1) is 12.0 Å². The lowest BCUT2D eigenvalue weighted by Crippen LogP contribution is -2.03. The Morgan fingerprint density at radius 1 is 1.53 bits per heavy atom. The first-order chi connectivity index (χ1) is 7.08. The van der Waals surface area contributed by atoms with Crippen molar-refractivity contribution in [1.82, 2.24) is 0 Å². The highest BCUT2D eigenvalue weighted by atomic mass is 35.5. The highest BCUT2D eigenvalue weighted by molar-refractivity contribution is 6.17. The van der Waals surface area contributed by atoms with Gasteiger partial charge in [-0.05, 0) is 17.2 Å². The van der Waals surface area contributed by atoms with Gasteiger partial charge in [-0.15, -0.1) is 11.6 Å². The number of hydrogen-bond acceptors (Lipinski definition) is 3. The Hall–Kier alpha value is -1.73. The van der Waals surface area contributed by atoms with Gasteiger partial charge in [0.25, 0.3) is 0 Å². The fraction of sp³-hybridized carbons (Fsp3) is 0.200. The maximum atomic E-state index is 10.5. The van der Waals surface area contributed by atoms with Crippen molar-refractivity contribution in [3.05, 3.63) is 28.8 Å². The standard InChI is InChI=1S/C10H8ClNO3/c11-4-6-1-7(3-10(14)15)8(5-12)9(13)2-6/h1-2,13H,3-4H2,(H,14,15). The van der Waals surface area contributed by atoms with Crippen molar-refractivity contribution < 1.29 is 15.0 Å². The number of carboxylic acid groups (broad SMARTS) is 1. The molecular formula is C10H8ClNO3. The Morgan fingerprint density at radius 3 is 2.67 bits per heavy atom. The molecule has 0 fully saturated rings. The number of aromatic hydroxyl groups is 1. The van der Waals surface area contributed by atoms with Crippen LogP contribution >= 0.6 is 11.6 Å². The van der Waals surface area contributed by atoms with Crippen molar-refractivity contribution in [3.63, 3.8) is 0 Å². The van der Waals surface area contributed by atoms with Gasteiger partial charge in [-0.25, -0.2) is 0 Å². The van der Waals surface area contributed by atoms with E-state index in [0.717, 1.165) is 0 Å². The number of phenolic OH excluding ortho intramolecular Hbond substituents is 1. The quantitative estimate of drug-likeness (QED) is 0.766. The number of alkyl halides is 1. The van der Waals surface area contributed by atoms with E-state index in [1.807, 2.05) is 0 Å². The fourth-order valence-electron chi connectivity index (χ4n) is 1.26. The molecule has 0 aliphatic heterocycles. The molecule has 0 aromatic heterocycles. The van der Waals surface area contributed by atoms with Crippen LogP contribution in [-0.4, -0.2) is 16.2 Å². The first-order valence-electron chi connectivity index (χ1n) is 4.11. The van der Waals surface area contributed by atoms with Crippen LogP contribution in [-0.2, 0) is 17.1 Å². The molecule has 0 bridgehead atoms. The van der Waals surface area contributed by atoms with Crippen molar-refractivity contribution >= 4 is 17.6 Å². The minimum absolute atomic E-state index is 0.00809. The number of aliphatic carboxylic acids is 1. The van der Waals surface area contributed by atoms with Crippen molar-refractivity contribution in [2.24, 2.45) is 0 Å². The lowest BCUT2D eigenvalue weighted by atomic mass is 10.0. The van der Waals surface area contributed by atoms with Gasteiger partial charge < -0.3 is 10.2 Å². The second-order valence-electron chi connectivity index (χ2n) is 2.97. The second-order valence-corrected chi connectivity index (χ2v) is 3.23. The molecule has 0 amide bonds. The summed E-state index contributed by atoms with van der Waals surface area (Å²) in [5, 5.41) is 26.8. The first-order valence-corrected chi connectivity index (χ1v) is 4.64. The fourth-order valence-corrected chi connectivity index (χ4v) is 1.41. The third-order valence-electron chi connectivity index (χ3n) is 1.87. The Labute approximate surface area is 91.3 Å². The van der Waals surface area contributed by atoms with Crippen LogP contribution in [0.1, 0.15) is 16.7 Å². The number of nitriles is 1. The number of carboxylic acids is 1. The van der Waals surface area contributed by atoms with Crippen LogP contribution in [0.2, 0.25) is 0 Å². The molecule has 1 aromatic carbocycles. The smallest absolute Gasteiger partial charge is 0.307 e. The molecule has 0 saturated carbocycles. The maximum Gasteiger partial charge on any atom is 0.307 e. The number of hydrogen-bond donors (Lipinski definition) is 2. The van der Waals surface area contributed by atoms with E-state index < -0.39 is 5.97 Å². The van der Waals surface area contributed by atoms with Crippen molar-refractivity contribution in [2.45, 2.75) is 12.3 Å². The second kappa shape index (κ2) is 4.67. The van der Waals surface area contributed by atoms with E-state index in [-0.39, 0.29) is 29.2 Å². The minimum Gasteiger partial charge on any atom is -0.507 e. The van der Waals surface area contributed by atoms with Crippen LogP contribution in [0.4, 0.5) is 0 Å². The van der Waals surface area contributed by atoms with E-state index in [1.54, 1.807) is 6.07 Å². The SMILES string of the molecule is N#Cc1c(O)cc(CCl)cc1CC(=O)O. The number of nitrogens with zero attached hydrogens (tertiary/aromatic N) is 1. The molecule has 0 aliphatic carbocycles. The van der Waals surface area contributed by atoms with Gasteiger partial charge in [0, 0.05) is 5.88 Å². The van der Waals surface area contributed by atoms with E-state index in [9.17, 15) is 9.90 Å². The van der Waals surface area contributed by atoms with E-state index in [0.29, 0.717) is 5.56 Å². The topological polar surface area (TPSA) is 81.3 Å². The first kappa shape index (κ1) is 11.3. The predicted octanol–water partition coefficient (Wildman–Crippen LogP) is 1.63. The largest absolute Gasteiger partial charge is 0.507 e. The molecule has 0 spiro atoms. The zero-order chi connectivity index (χ0) is 11.4. The number of phenols is 1. The molecule has 0 aliphatic rings. The normalized spacial score (nSPS) is 9.60.